The number of nitro groups is 1. The van der Waals surface area contributed by atoms with E-state index >= 15 is 0 Å². The highest BCUT2D eigenvalue weighted by Gasteiger charge is 2.39. The number of anilines is 1. The van der Waals surface area contributed by atoms with Crippen molar-refractivity contribution >= 4 is 11.4 Å². The topological polar surface area (TPSA) is 55.2 Å². The Labute approximate surface area is 111 Å². The van der Waals surface area contributed by atoms with Crippen molar-refractivity contribution in [3.8, 4) is 0 Å². The molecule has 4 heteroatoms. The van der Waals surface area contributed by atoms with E-state index in [0.29, 0.717) is 17.6 Å². The van der Waals surface area contributed by atoms with Crippen LogP contribution in [0.15, 0.2) is 54.6 Å². The van der Waals surface area contributed by atoms with Crippen molar-refractivity contribution < 1.29 is 4.92 Å². The molecule has 2 aromatic rings. The quantitative estimate of drug-likeness (QED) is 0.670. The van der Waals surface area contributed by atoms with Gasteiger partial charge in [-0.2, -0.15) is 0 Å². The Morgan fingerprint density at radius 1 is 1.05 bits per heavy atom. The molecule has 0 bridgehead atoms. The molecule has 19 heavy (non-hydrogen) atoms. The Hall–Kier alpha value is -2.36. The van der Waals surface area contributed by atoms with Gasteiger partial charge in [-0.3, -0.25) is 10.1 Å². The van der Waals surface area contributed by atoms with Crippen molar-refractivity contribution in [3.63, 3.8) is 0 Å². The highest BCUT2D eigenvalue weighted by Crippen LogP contribution is 2.43. The number of benzene rings is 2. The third-order valence-electron chi connectivity index (χ3n) is 3.46. The minimum atomic E-state index is -0.345. The van der Waals surface area contributed by atoms with Gasteiger partial charge in [0.25, 0.3) is 5.69 Å². The summed E-state index contributed by atoms with van der Waals surface area (Å²) in [6.07, 6.45) is 1.02. The molecule has 3 rings (SSSR count). The number of nitrogens with one attached hydrogen (secondary N) is 1. The second-order valence-corrected chi connectivity index (χ2v) is 4.78. The lowest BCUT2D eigenvalue weighted by atomic mass is 10.1. The summed E-state index contributed by atoms with van der Waals surface area (Å²) in [6.45, 7) is 0. The molecule has 0 amide bonds. The van der Waals surface area contributed by atoms with Gasteiger partial charge in [0, 0.05) is 18.0 Å². The molecule has 4 nitrogen and oxygen atoms in total. The number of rotatable bonds is 4. The van der Waals surface area contributed by atoms with Gasteiger partial charge in [0.1, 0.15) is 5.69 Å². The molecular formula is C15H14N2O2. The molecule has 0 aliphatic heterocycles. The van der Waals surface area contributed by atoms with Gasteiger partial charge in [-0.1, -0.05) is 42.5 Å². The largest absolute Gasteiger partial charge is 0.376 e. The van der Waals surface area contributed by atoms with Crippen molar-refractivity contribution in [1.82, 2.24) is 0 Å². The van der Waals surface area contributed by atoms with Gasteiger partial charge in [-0.25, -0.2) is 0 Å². The SMILES string of the molecule is O=[N+]([O-])c1ccccc1NC1CC1c1ccccc1. The van der Waals surface area contributed by atoms with Crippen LogP contribution in [0.4, 0.5) is 11.4 Å². The van der Waals surface area contributed by atoms with Gasteiger partial charge >= 0.3 is 0 Å². The van der Waals surface area contributed by atoms with Crippen molar-refractivity contribution in [3.05, 3.63) is 70.3 Å². The zero-order chi connectivity index (χ0) is 13.2. The van der Waals surface area contributed by atoms with E-state index in [0.717, 1.165) is 6.42 Å². The van der Waals surface area contributed by atoms with Crippen LogP contribution in [-0.2, 0) is 0 Å². The smallest absolute Gasteiger partial charge is 0.292 e. The lowest BCUT2D eigenvalue weighted by Crippen LogP contribution is -2.06. The van der Waals surface area contributed by atoms with Crippen LogP contribution in [0.3, 0.4) is 0 Å². The maximum Gasteiger partial charge on any atom is 0.292 e. The first-order valence-electron chi connectivity index (χ1n) is 6.30. The normalized spacial score (nSPS) is 20.8. The molecule has 2 unspecified atom stereocenters. The molecule has 96 valence electrons. The lowest BCUT2D eigenvalue weighted by molar-refractivity contribution is -0.384. The monoisotopic (exact) mass is 254 g/mol. The van der Waals surface area contributed by atoms with Crippen molar-refractivity contribution in [2.45, 2.75) is 18.4 Å². The minimum Gasteiger partial charge on any atom is -0.376 e. The van der Waals surface area contributed by atoms with E-state index in [1.807, 2.05) is 24.3 Å². The summed E-state index contributed by atoms with van der Waals surface area (Å²) >= 11 is 0. The summed E-state index contributed by atoms with van der Waals surface area (Å²) in [5, 5.41) is 14.2. The average Bonchev–Trinajstić information content (AvgIpc) is 3.19. The van der Waals surface area contributed by atoms with E-state index in [1.165, 1.54) is 11.6 Å². The molecule has 2 aromatic carbocycles. The highest BCUT2D eigenvalue weighted by molar-refractivity contribution is 5.62. The van der Waals surface area contributed by atoms with Crippen LogP contribution in [0, 0.1) is 10.1 Å². The van der Waals surface area contributed by atoms with E-state index in [9.17, 15) is 10.1 Å². The molecule has 1 aliphatic carbocycles. The maximum absolute atomic E-state index is 10.9. The predicted octanol–water partition coefficient (Wildman–Crippen LogP) is 3.56. The fraction of sp³-hybridized carbons (Fsp3) is 0.200. The summed E-state index contributed by atoms with van der Waals surface area (Å²) in [5.74, 6) is 0.459. The average molecular weight is 254 g/mol. The van der Waals surface area contributed by atoms with E-state index in [-0.39, 0.29) is 10.6 Å². The second-order valence-electron chi connectivity index (χ2n) is 4.78. The first-order chi connectivity index (χ1) is 9.25. The van der Waals surface area contributed by atoms with Crippen LogP contribution < -0.4 is 5.32 Å². The first-order valence-corrected chi connectivity index (χ1v) is 6.30. The molecule has 2 atom stereocenters. The summed E-state index contributed by atoms with van der Waals surface area (Å²) in [4.78, 5) is 10.6. The minimum absolute atomic E-state index is 0.140. The van der Waals surface area contributed by atoms with Crippen molar-refractivity contribution in [2.24, 2.45) is 0 Å². The second kappa shape index (κ2) is 4.72. The van der Waals surface area contributed by atoms with Crippen LogP contribution in [0.1, 0.15) is 17.9 Å². The van der Waals surface area contributed by atoms with Crippen LogP contribution in [0.5, 0.6) is 0 Å². The molecule has 0 saturated heterocycles. The van der Waals surface area contributed by atoms with Crippen LogP contribution in [-0.4, -0.2) is 11.0 Å². The zero-order valence-corrected chi connectivity index (χ0v) is 10.3. The zero-order valence-electron chi connectivity index (χ0n) is 10.3. The third kappa shape index (κ3) is 2.42. The van der Waals surface area contributed by atoms with E-state index in [2.05, 4.69) is 17.4 Å². The number of hydrogen-bond donors (Lipinski definition) is 1. The number of para-hydroxylation sites is 2. The van der Waals surface area contributed by atoms with Gasteiger partial charge in [-0.05, 0) is 18.1 Å². The molecule has 1 aliphatic rings. The molecule has 0 spiro atoms. The predicted molar refractivity (Wildman–Crippen MR) is 74.3 cm³/mol. The first kappa shape index (κ1) is 11.7. The highest BCUT2D eigenvalue weighted by atomic mass is 16.6. The number of hydrogen-bond acceptors (Lipinski definition) is 3. The summed E-state index contributed by atoms with van der Waals surface area (Å²) < 4.78 is 0. The molecule has 1 saturated carbocycles. The summed E-state index contributed by atoms with van der Waals surface area (Å²) in [7, 11) is 0. The Balaban J connectivity index is 1.73. The fourth-order valence-electron chi connectivity index (χ4n) is 2.38. The van der Waals surface area contributed by atoms with Crippen LogP contribution in [0.2, 0.25) is 0 Å². The molecule has 1 N–H and O–H groups in total. The summed E-state index contributed by atoms with van der Waals surface area (Å²) in [5.41, 5.74) is 2.04. The molecule has 0 heterocycles. The Kier molecular flexibility index (Phi) is 2.91. The van der Waals surface area contributed by atoms with Crippen molar-refractivity contribution in [1.29, 1.82) is 0 Å². The number of nitro benzene ring substituents is 1. The van der Waals surface area contributed by atoms with Gasteiger partial charge in [0.05, 0.1) is 4.92 Å². The van der Waals surface area contributed by atoms with E-state index < -0.39 is 0 Å². The van der Waals surface area contributed by atoms with Crippen LogP contribution >= 0.6 is 0 Å². The summed E-state index contributed by atoms with van der Waals surface area (Å²) in [6, 6.07) is 17.3. The van der Waals surface area contributed by atoms with Crippen LogP contribution in [0.25, 0.3) is 0 Å². The van der Waals surface area contributed by atoms with Gasteiger partial charge < -0.3 is 5.32 Å². The van der Waals surface area contributed by atoms with E-state index in [4.69, 9.17) is 0 Å². The van der Waals surface area contributed by atoms with Gasteiger partial charge in [-0.15, -0.1) is 0 Å². The van der Waals surface area contributed by atoms with Gasteiger partial charge in [0.15, 0.2) is 0 Å². The Morgan fingerprint density at radius 2 is 1.74 bits per heavy atom. The third-order valence-corrected chi connectivity index (χ3v) is 3.46. The Bertz CT molecular complexity index is 598. The van der Waals surface area contributed by atoms with Crippen molar-refractivity contribution in [2.75, 3.05) is 5.32 Å². The molecular weight excluding hydrogens is 240 g/mol. The standard InChI is InChI=1S/C15H14N2O2/c18-17(19)15-9-5-4-8-13(15)16-14-10-12(14)11-6-2-1-3-7-11/h1-9,12,14,16H,10H2. The maximum atomic E-state index is 10.9. The van der Waals surface area contributed by atoms with Gasteiger partial charge in [0.2, 0.25) is 0 Å². The Morgan fingerprint density at radius 3 is 2.47 bits per heavy atom. The molecule has 0 aromatic heterocycles. The fourth-order valence-corrected chi connectivity index (χ4v) is 2.38. The molecule has 0 radical (unpaired) electrons. The molecule has 1 fully saturated rings. The van der Waals surface area contributed by atoms with E-state index in [1.54, 1.807) is 12.1 Å². The lowest BCUT2D eigenvalue weighted by Gasteiger charge is -2.06. The number of nitrogens with zero attached hydrogens (tertiary/aromatic N) is 1.